The zero-order chi connectivity index (χ0) is 10.7. The molecular formula is C9H10N2O3. The highest BCUT2D eigenvalue weighted by Gasteiger charge is 2.11. The summed E-state index contributed by atoms with van der Waals surface area (Å²) < 4.78 is 5.30. The van der Waals surface area contributed by atoms with Gasteiger partial charge in [0.15, 0.2) is 0 Å². The molecule has 1 N–H and O–H groups in total. The molecule has 1 aromatic rings. The van der Waals surface area contributed by atoms with Crippen LogP contribution in [0.3, 0.4) is 0 Å². The standard InChI is InChI=1S/C9H10N2O3/c1-6-3-7(5-14-2)8(4-10)9(12)11(6)13/h3,13H,5H2,1-2H3. The summed E-state index contributed by atoms with van der Waals surface area (Å²) in [6, 6.07) is 3.29. The quantitative estimate of drug-likeness (QED) is 0.692. The Morgan fingerprint density at radius 1 is 1.71 bits per heavy atom. The topological polar surface area (TPSA) is 75.2 Å². The Morgan fingerprint density at radius 3 is 2.86 bits per heavy atom. The number of pyridine rings is 1. The first-order valence-electron chi connectivity index (χ1n) is 3.95. The summed E-state index contributed by atoms with van der Waals surface area (Å²) in [6.45, 7) is 1.75. The third-order valence-corrected chi connectivity index (χ3v) is 1.86. The second-order valence-electron chi connectivity index (χ2n) is 2.85. The Kier molecular flexibility index (Phi) is 2.89. The lowest BCUT2D eigenvalue weighted by molar-refractivity contribution is 0.163. The Balaban J connectivity index is 3.46. The average molecular weight is 194 g/mol. The van der Waals surface area contributed by atoms with Gasteiger partial charge in [0.05, 0.1) is 12.3 Å². The second-order valence-corrected chi connectivity index (χ2v) is 2.85. The summed E-state index contributed by atoms with van der Waals surface area (Å²) in [7, 11) is 1.47. The van der Waals surface area contributed by atoms with Gasteiger partial charge in [-0.05, 0) is 13.0 Å². The monoisotopic (exact) mass is 194 g/mol. The molecule has 0 saturated carbocycles. The van der Waals surface area contributed by atoms with Crippen LogP contribution >= 0.6 is 0 Å². The highest BCUT2D eigenvalue weighted by molar-refractivity contribution is 5.36. The van der Waals surface area contributed by atoms with E-state index in [4.69, 9.17) is 10.00 Å². The molecule has 0 unspecified atom stereocenters. The molecule has 1 aromatic heterocycles. The van der Waals surface area contributed by atoms with Gasteiger partial charge in [-0.2, -0.15) is 9.99 Å². The van der Waals surface area contributed by atoms with Crippen LogP contribution in [0.25, 0.3) is 0 Å². The van der Waals surface area contributed by atoms with Crippen molar-refractivity contribution in [2.75, 3.05) is 7.11 Å². The van der Waals surface area contributed by atoms with Crippen molar-refractivity contribution in [3.05, 3.63) is 33.2 Å². The van der Waals surface area contributed by atoms with Gasteiger partial charge in [0.25, 0.3) is 0 Å². The zero-order valence-electron chi connectivity index (χ0n) is 7.94. The van der Waals surface area contributed by atoms with E-state index in [1.54, 1.807) is 19.1 Å². The van der Waals surface area contributed by atoms with E-state index in [0.29, 0.717) is 16.0 Å². The maximum Gasteiger partial charge on any atom is 0.301 e. The fourth-order valence-corrected chi connectivity index (χ4v) is 1.18. The summed E-state index contributed by atoms with van der Waals surface area (Å²) in [6.07, 6.45) is 0. The molecule has 14 heavy (non-hydrogen) atoms. The molecule has 74 valence electrons. The Morgan fingerprint density at radius 2 is 2.36 bits per heavy atom. The van der Waals surface area contributed by atoms with E-state index in [1.807, 2.05) is 0 Å². The van der Waals surface area contributed by atoms with Crippen molar-refractivity contribution < 1.29 is 9.94 Å². The molecule has 0 aliphatic carbocycles. The number of methoxy groups -OCH3 is 1. The van der Waals surface area contributed by atoms with Crippen LogP contribution < -0.4 is 5.56 Å². The van der Waals surface area contributed by atoms with Gasteiger partial charge in [-0.25, -0.2) is 0 Å². The minimum absolute atomic E-state index is 0.0834. The van der Waals surface area contributed by atoms with Crippen molar-refractivity contribution >= 4 is 0 Å². The molecule has 0 aromatic carbocycles. The first-order chi connectivity index (χ1) is 6.61. The van der Waals surface area contributed by atoms with Crippen LogP contribution in [-0.4, -0.2) is 17.0 Å². The summed E-state index contributed by atoms with van der Waals surface area (Å²) in [5, 5.41) is 17.9. The van der Waals surface area contributed by atoms with E-state index in [2.05, 4.69) is 0 Å². The van der Waals surface area contributed by atoms with Crippen LogP contribution in [0.2, 0.25) is 0 Å². The van der Waals surface area contributed by atoms with Gasteiger partial charge in [-0.1, -0.05) is 0 Å². The molecule has 0 amide bonds. The van der Waals surface area contributed by atoms with Crippen molar-refractivity contribution in [3.63, 3.8) is 0 Å². The molecule has 0 saturated heterocycles. The largest absolute Gasteiger partial charge is 0.425 e. The average Bonchev–Trinajstić information content (AvgIpc) is 2.16. The second kappa shape index (κ2) is 3.94. The van der Waals surface area contributed by atoms with E-state index in [9.17, 15) is 10.0 Å². The molecule has 0 radical (unpaired) electrons. The third kappa shape index (κ3) is 1.60. The van der Waals surface area contributed by atoms with Crippen molar-refractivity contribution in [3.8, 4) is 6.07 Å². The van der Waals surface area contributed by atoms with Gasteiger partial charge in [0.1, 0.15) is 11.6 Å². The number of hydrogen-bond acceptors (Lipinski definition) is 4. The molecule has 0 fully saturated rings. The predicted octanol–water partition coefficient (Wildman–Crippen LogP) is 0.412. The Hall–Kier alpha value is -1.80. The lowest BCUT2D eigenvalue weighted by Crippen LogP contribution is -2.24. The third-order valence-electron chi connectivity index (χ3n) is 1.86. The molecule has 0 spiro atoms. The van der Waals surface area contributed by atoms with Crippen LogP contribution in [0.15, 0.2) is 10.9 Å². The summed E-state index contributed by atoms with van der Waals surface area (Å²) in [5.74, 6) is 0. The van der Waals surface area contributed by atoms with Crippen LogP contribution in [0.4, 0.5) is 0 Å². The van der Waals surface area contributed by atoms with E-state index in [1.165, 1.54) is 7.11 Å². The predicted molar refractivity (Wildman–Crippen MR) is 48.1 cm³/mol. The number of rotatable bonds is 2. The maximum atomic E-state index is 11.4. The van der Waals surface area contributed by atoms with Crippen molar-refractivity contribution in [2.24, 2.45) is 0 Å². The van der Waals surface area contributed by atoms with Crippen molar-refractivity contribution in [1.82, 2.24) is 4.73 Å². The fourth-order valence-electron chi connectivity index (χ4n) is 1.18. The summed E-state index contributed by atoms with van der Waals surface area (Å²) in [5.41, 5.74) is 0.0725. The van der Waals surface area contributed by atoms with Crippen molar-refractivity contribution in [2.45, 2.75) is 13.5 Å². The van der Waals surface area contributed by atoms with Crippen LogP contribution in [0.1, 0.15) is 16.8 Å². The molecule has 5 heteroatoms. The number of hydrogen-bond donors (Lipinski definition) is 1. The highest BCUT2D eigenvalue weighted by Crippen LogP contribution is 2.06. The lowest BCUT2D eigenvalue weighted by Gasteiger charge is -2.06. The van der Waals surface area contributed by atoms with Gasteiger partial charge < -0.3 is 9.94 Å². The number of nitrogens with zero attached hydrogens (tertiary/aromatic N) is 2. The van der Waals surface area contributed by atoms with E-state index in [0.717, 1.165) is 0 Å². The molecule has 0 aliphatic heterocycles. The van der Waals surface area contributed by atoms with Crippen LogP contribution in [0.5, 0.6) is 0 Å². The molecule has 1 heterocycles. The van der Waals surface area contributed by atoms with Crippen LogP contribution in [0, 0.1) is 18.3 Å². The number of aromatic nitrogens is 1. The Labute approximate surface area is 80.7 Å². The maximum absolute atomic E-state index is 11.4. The first-order valence-corrected chi connectivity index (χ1v) is 3.95. The molecule has 0 atom stereocenters. The van der Waals surface area contributed by atoms with Gasteiger partial charge in [-0.15, -0.1) is 0 Å². The number of aryl methyl sites for hydroxylation is 1. The van der Waals surface area contributed by atoms with E-state index < -0.39 is 5.56 Å². The lowest BCUT2D eigenvalue weighted by atomic mass is 10.1. The van der Waals surface area contributed by atoms with Crippen molar-refractivity contribution in [1.29, 1.82) is 5.26 Å². The zero-order valence-corrected chi connectivity index (χ0v) is 7.94. The fraction of sp³-hybridized carbons (Fsp3) is 0.333. The highest BCUT2D eigenvalue weighted by atomic mass is 16.5. The van der Waals surface area contributed by atoms with Gasteiger partial charge in [-0.3, -0.25) is 4.79 Å². The smallest absolute Gasteiger partial charge is 0.301 e. The molecule has 0 bridgehead atoms. The molecule has 1 rings (SSSR count). The summed E-state index contributed by atoms with van der Waals surface area (Å²) in [4.78, 5) is 11.4. The SMILES string of the molecule is COCc1cc(C)n(O)c(=O)c1C#N. The summed E-state index contributed by atoms with van der Waals surface area (Å²) >= 11 is 0. The van der Waals surface area contributed by atoms with E-state index >= 15 is 0 Å². The van der Waals surface area contributed by atoms with Crippen LogP contribution in [-0.2, 0) is 11.3 Å². The van der Waals surface area contributed by atoms with Gasteiger partial charge in [0, 0.05) is 12.7 Å². The van der Waals surface area contributed by atoms with Gasteiger partial charge in [0.2, 0.25) is 0 Å². The molecule has 0 aliphatic rings. The Bertz CT molecular complexity index is 443. The minimum atomic E-state index is -0.709. The van der Waals surface area contributed by atoms with E-state index in [-0.39, 0.29) is 12.2 Å². The molecular weight excluding hydrogens is 184 g/mol. The minimum Gasteiger partial charge on any atom is -0.425 e. The first kappa shape index (κ1) is 10.3. The normalized spacial score (nSPS) is 9.79. The van der Waals surface area contributed by atoms with Gasteiger partial charge >= 0.3 is 5.56 Å². The number of ether oxygens (including phenoxy) is 1. The number of nitriles is 1. The molecule has 5 nitrogen and oxygen atoms in total.